The van der Waals surface area contributed by atoms with Gasteiger partial charge in [0.1, 0.15) is 0 Å². The van der Waals surface area contributed by atoms with Crippen molar-refractivity contribution in [1.82, 2.24) is 9.80 Å². The van der Waals surface area contributed by atoms with Gasteiger partial charge in [-0.05, 0) is 43.8 Å². The average molecular weight is 328 g/mol. The molecule has 0 bridgehead atoms. The standard InChI is InChI=1S/C20H28N2O2/c1-17(23)15-21-12-9-20(10-13-21)14-19(24)22(16-20)11-5-8-18-6-3-2-4-7-18/h2-8,17,23H,9-16H2,1H3/b8-5+. The van der Waals surface area contributed by atoms with E-state index in [1.807, 2.05) is 30.0 Å². The van der Waals surface area contributed by atoms with Crippen LogP contribution in [-0.2, 0) is 4.79 Å². The second-order valence-electron chi connectivity index (χ2n) is 7.41. The van der Waals surface area contributed by atoms with E-state index in [4.69, 9.17) is 0 Å². The number of rotatable bonds is 5. The van der Waals surface area contributed by atoms with Gasteiger partial charge in [-0.25, -0.2) is 0 Å². The highest BCUT2D eigenvalue weighted by molar-refractivity contribution is 5.79. The molecule has 1 aromatic rings. The van der Waals surface area contributed by atoms with Crippen LogP contribution in [-0.4, -0.2) is 59.6 Å². The summed E-state index contributed by atoms with van der Waals surface area (Å²) in [6.45, 7) is 6.15. The van der Waals surface area contributed by atoms with E-state index in [2.05, 4.69) is 29.2 Å². The first-order valence-electron chi connectivity index (χ1n) is 8.96. The smallest absolute Gasteiger partial charge is 0.223 e. The second kappa shape index (κ2) is 7.49. The molecule has 2 aliphatic rings. The van der Waals surface area contributed by atoms with E-state index in [-0.39, 0.29) is 17.4 Å². The van der Waals surface area contributed by atoms with Crippen molar-refractivity contribution < 1.29 is 9.90 Å². The molecule has 0 radical (unpaired) electrons. The molecule has 1 atom stereocenters. The zero-order valence-electron chi connectivity index (χ0n) is 14.5. The molecular weight excluding hydrogens is 300 g/mol. The van der Waals surface area contributed by atoms with Crippen LogP contribution in [0.4, 0.5) is 0 Å². The summed E-state index contributed by atoms with van der Waals surface area (Å²) < 4.78 is 0. The van der Waals surface area contributed by atoms with Gasteiger partial charge < -0.3 is 14.9 Å². The van der Waals surface area contributed by atoms with E-state index >= 15 is 0 Å². The van der Waals surface area contributed by atoms with Crippen LogP contribution < -0.4 is 0 Å². The first kappa shape index (κ1) is 17.2. The number of carbonyl (C=O) groups is 1. The highest BCUT2D eigenvalue weighted by atomic mass is 16.3. The molecule has 24 heavy (non-hydrogen) atoms. The molecule has 4 heteroatoms. The largest absolute Gasteiger partial charge is 0.392 e. The molecule has 1 unspecified atom stereocenters. The SMILES string of the molecule is CC(O)CN1CCC2(CC1)CC(=O)N(C/C=C/c1ccccc1)C2. The Balaban J connectivity index is 1.52. The van der Waals surface area contributed by atoms with Crippen molar-refractivity contribution in [3.8, 4) is 0 Å². The third-order valence-corrected chi connectivity index (χ3v) is 5.28. The fraction of sp³-hybridized carbons (Fsp3) is 0.550. The molecule has 1 N–H and O–H groups in total. The molecule has 1 spiro atoms. The minimum Gasteiger partial charge on any atom is -0.392 e. The predicted octanol–water partition coefficient (Wildman–Crippen LogP) is 2.40. The van der Waals surface area contributed by atoms with Crippen molar-refractivity contribution in [3.63, 3.8) is 0 Å². The van der Waals surface area contributed by atoms with Gasteiger partial charge in [0.15, 0.2) is 0 Å². The zero-order valence-corrected chi connectivity index (χ0v) is 14.5. The Morgan fingerprint density at radius 1 is 1.25 bits per heavy atom. The molecule has 2 aliphatic heterocycles. The molecule has 4 nitrogen and oxygen atoms in total. The molecule has 2 fully saturated rings. The van der Waals surface area contributed by atoms with Crippen molar-refractivity contribution in [1.29, 1.82) is 0 Å². The van der Waals surface area contributed by atoms with Crippen molar-refractivity contribution in [2.24, 2.45) is 5.41 Å². The lowest BCUT2D eigenvalue weighted by atomic mass is 9.77. The molecule has 2 saturated heterocycles. The second-order valence-corrected chi connectivity index (χ2v) is 7.41. The van der Waals surface area contributed by atoms with E-state index < -0.39 is 0 Å². The van der Waals surface area contributed by atoms with E-state index in [9.17, 15) is 9.90 Å². The molecule has 1 amide bonds. The van der Waals surface area contributed by atoms with Crippen LogP contribution in [0.5, 0.6) is 0 Å². The van der Waals surface area contributed by atoms with E-state index in [1.165, 1.54) is 5.56 Å². The number of aliphatic hydroxyl groups excluding tert-OH is 1. The normalized spacial score (nSPS) is 22.6. The van der Waals surface area contributed by atoms with Gasteiger partial charge in [-0.2, -0.15) is 0 Å². The molecule has 0 saturated carbocycles. The van der Waals surface area contributed by atoms with Gasteiger partial charge in [-0.1, -0.05) is 42.5 Å². The van der Waals surface area contributed by atoms with E-state index in [1.54, 1.807) is 0 Å². The first-order chi connectivity index (χ1) is 11.6. The molecule has 0 aliphatic carbocycles. The Morgan fingerprint density at radius 2 is 1.96 bits per heavy atom. The van der Waals surface area contributed by atoms with E-state index in [0.29, 0.717) is 13.0 Å². The number of hydrogen-bond acceptors (Lipinski definition) is 3. The number of carbonyl (C=O) groups excluding carboxylic acids is 1. The number of hydrogen-bond donors (Lipinski definition) is 1. The predicted molar refractivity (Wildman–Crippen MR) is 96.5 cm³/mol. The number of amides is 1. The monoisotopic (exact) mass is 328 g/mol. The Labute approximate surface area is 144 Å². The third kappa shape index (κ3) is 4.25. The first-order valence-corrected chi connectivity index (χ1v) is 8.96. The number of aliphatic hydroxyl groups is 1. The topological polar surface area (TPSA) is 43.8 Å². The van der Waals surface area contributed by atoms with Crippen LogP contribution in [0.1, 0.15) is 31.7 Å². The maximum absolute atomic E-state index is 12.4. The molecule has 3 rings (SSSR count). The van der Waals surface area contributed by atoms with Gasteiger partial charge in [-0.15, -0.1) is 0 Å². The number of piperidine rings is 1. The van der Waals surface area contributed by atoms with Crippen molar-refractivity contribution in [2.45, 2.75) is 32.3 Å². The molecule has 130 valence electrons. The molecule has 1 aromatic carbocycles. The van der Waals surface area contributed by atoms with Crippen molar-refractivity contribution >= 4 is 12.0 Å². The van der Waals surface area contributed by atoms with Crippen LogP contribution >= 0.6 is 0 Å². The summed E-state index contributed by atoms with van der Waals surface area (Å²) in [6, 6.07) is 10.2. The van der Waals surface area contributed by atoms with Gasteiger partial charge in [0.05, 0.1) is 6.10 Å². The van der Waals surface area contributed by atoms with Crippen LogP contribution in [0.15, 0.2) is 36.4 Å². The van der Waals surface area contributed by atoms with Crippen LogP contribution in [0.2, 0.25) is 0 Å². The minimum atomic E-state index is -0.274. The Morgan fingerprint density at radius 3 is 2.62 bits per heavy atom. The lowest BCUT2D eigenvalue weighted by Gasteiger charge is -2.39. The average Bonchev–Trinajstić information content (AvgIpc) is 2.86. The summed E-state index contributed by atoms with van der Waals surface area (Å²) in [6.07, 6.45) is 6.71. The maximum atomic E-state index is 12.4. The molecular formula is C20H28N2O2. The summed E-state index contributed by atoms with van der Waals surface area (Å²) in [5.74, 6) is 0.289. The number of benzene rings is 1. The van der Waals surface area contributed by atoms with Crippen molar-refractivity contribution in [2.75, 3.05) is 32.7 Å². The van der Waals surface area contributed by atoms with Gasteiger partial charge in [0, 0.05) is 26.1 Å². The quantitative estimate of drug-likeness (QED) is 0.903. The lowest BCUT2D eigenvalue weighted by molar-refractivity contribution is -0.127. The van der Waals surface area contributed by atoms with Gasteiger partial charge in [0.2, 0.25) is 5.91 Å². The van der Waals surface area contributed by atoms with Gasteiger partial charge in [0.25, 0.3) is 0 Å². The lowest BCUT2D eigenvalue weighted by Crippen LogP contribution is -2.43. The fourth-order valence-corrected chi connectivity index (χ4v) is 3.95. The fourth-order valence-electron chi connectivity index (χ4n) is 3.95. The van der Waals surface area contributed by atoms with Crippen LogP contribution in [0, 0.1) is 5.41 Å². The summed E-state index contributed by atoms with van der Waals surface area (Å²) in [5, 5.41) is 9.53. The van der Waals surface area contributed by atoms with Crippen LogP contribution in [0.25, 0.3) is 6.08 Å². The van der Waals surface area contributed by atoms with Gasteiger partial charge in [-0.3, -0.25) is 4.79 Å². The van der Waals surface area contributed by atoms with Gasteiger partial charge >= 0.3 is 0 Å². The summed E-state index contributed by atoms with van der Waals surface area (Å²) in [7, 11) is 0. The Hall–Kier alpha value is -1.65. The van der Waals surface area contributed by atoms with Crippen molar-refractivity contribution in [3.05, 3.63) is 42.0 Å². The maximum Gasteiger partial charge on any atom is 0.223 e. The third-order valence-electron chi connectivity index (χ3n) is 5.28. The number of likely N-dealkylation sites (tertiary alicyclic amines) is 2. The minimum absolute atomic E-state index is 0.160. The summed E-state index contributed by atoms with van der Waals surface area (Å²) in [5.41, 5.74) is 1.33. The number of β-amino-alcohol motifs (C(OH)–C–C–N with tert-alkyl or cyclic N) is 1. The van der Waals surface area contributed by atoms with Crippen LogP contribution in [0.3, 0.4) is 0 Å². The summed E-state index contributed by atoms with van der Waals surface area (Å²) in [4.78, 5) is 16.7. The summed E-state index contributed by atoms with van der Waals surface area (Å²) >= 11 is 0. The molecule has 0 aromatic heterocycles. The number of nitrogens with zero attached hydrogens (tertiary/aromatic N) is 2. The molecule has 2 heterocycles. The highest BCUT2D eigenvalue weighted by Crippen LogP contribution is 2.40. The Bertz CT molecular complexity index is 575. The van der Waals surface area contributed by atoms with E-state index in [0.717, 1.165) is 39.0 Å². The zero-order chi connectivity index (χ0) is 17.0. The Kier molecular flexibility index (Phi) is 5.36. The highest BCUT2D eigenvalue weighted by Gasteiger charge is 2.44.